The Bertz CT molecular complexity index is 628. The number of nitrogens with zero attached hydrogens (tertiary/aromatic N) is 1. The van der Waals surface area contributed by atoms with Crippen molar-refractivity contribution in [2.24, 2.45) is 0 Å². The van der Waals surface area contributed by atoms with Crippen LogP contribution in [-0.2, 0) is 19.6 Å². The van der Waals surface area contributed by atoms with Gasteiger partial charge in [0.1, 0.15) is 5.82 Å². The molecular weight excluding hydrogens is 307 g/mol. The Labute approximate surface area is 120 Å². The van der Waals surface area contributed by atoms with Crippen LogP contribution in [0.4, 0.5) is 10.1 Å². The lowest BCUT2D eigenvalue weighted by Crippen LogP contribution is -2.16. The van der Waals surface area contributed by atoms with Gasteiger partial charge in [-0.1, -0.05) is 34.1 Å². The molecule has 2 nitrogen and oxygen atoms in total. The Morgan fingerprint density at radius 1 is 1.21 bits per heavy atom. The number of hydrogen-bond acceptors (Lipinski definition) is 2. The van der Waals surface area contributed by atoms with Crippen LogP contribution in [0.25, 0.3) is 0 Å². The largest absolute Gasteiger partial charge is 0.398 e. The minimum absolute atomic E-state index is 0.218. The summed E-state index contributed by atoms with van der Waals surface area (Å²) >= 11 is 3.41. The number of hydrogen-bond donors (Lipinski definition) is 1. The molecule has 0 unspecified atom stereocenters. The van der Waals surface area contributed by atoms with Crippen molar-refractivity contribution in [2.45, 2.75) is 19.6 Å². The zero-order valence-electron chi connectivity index (χ0n) is 10.4. The second-order valence-corrected chi connectivity index (χ2v) is 5.72. The second kappa shape index (κ2) is 4.94. The number of fused-ring (bicyclic) bond motifs is 1. The van der Waals surface area contributed by atoms with Gasteiger partial charge in [0.15, 0.2) is 0 Å². The first-order chi connectivity index (χ1) is 9.13. The highest BCUT2D eigenvalue weighted by molar-refractivity contribution is 9.10. The minimum Gasteiger partial charge on any atom is -0.398 e. The molecular formula is C15H14BrFN2. The number of rotatable bonds is 2. The monoisotopic (exact) mass is 320 g/mol. The summed E-state index contributed by atoms with van der Waals surface area (Å²) in [4.78, 5) is 2.30. The van der Waals surface area contributed by atoms with Gasteiger partial charge in [0.2, 0.25) is 0 Å². The summed E-state index contributed by atoms with van der Waals surface area (Å²) in [5.74, 6) is -0.218. The summed E-state index contributed by atoms with van der Waals surface area (Å²) in [7, 11) is 0. The maximum absolute atomic E-state index is 13.1. The Hall–Kier alpha value is -1.39. The van der Waals surface area contributed by atoms with Gasteiger partial charge in [0.25, 0.3) is 0 Å². The van der Waals surface area contributed by atoms with Gasteiger partial charge in [-0.2, -0.15) is 0 Å². The van der Waals surface area contributed by atoms with Crippen LogP contribution >= 0.6 is 15.9 Å². The smallest absolute Gasteiger partial charge is 0.124 e. The average Bonchev–Trinajstić information content (AvgIpc) is 2.77. The first-order valence-corrected chi connectivity index (χ1v) is 6.95. The molecule has 3 rings (SSSR count). The van der Waals surface area contributed by atoms with Gasteiger partial charge >= 0.3 is 0 Å². The quantitative estimate of drug-likeness (QED) is 0.855. The third kappa shape index (κ3) is 2.51. The Morgan fingerprint density at radius 3 is 2.79 bits per heavy atom. The predicted octanol–water partition coefficient (Wildman–Crippen LogP) is 3.69. The SMILES string of the molecule is Nc1cccc2c1CN(Cc1ccc(F)cc1Br)C2. The highest BCUT2D eigenvalue weighted by atomic mass is 79.9. The molecule has 0 spiro atoms. The molecule has 0 radical (unpaired) electrons. The average molecular weight is 321 g/mol. The molecule has 0 saturated heterocycles. The lowest BCUT2D eigenvalue weighted by Gasteiger charge is -2.16. The van der Waals surface area contributed by atoms with E-state index >= 15 is 0 Å². The molecule has 0 aliphatic carbocycles. The van der Waals surface area contributed by atoms with E-state index in [1.165, 1.54) is 23.3 Å². The number of nitrogen functional groups attached to an aromatic ring is 1. The third-order valence-electron chi connectivity index (χ3n) is 3.49. The van der Waals surface area contributed by atoms with Crippen LogP contribution in [0.15, 0.2) is 40.9 Å². The molecule has 1 heterocycles. The summed E-state index contributed by atoms with van der Waals surface area (Å²) in [6, 6.07) is 10.9. The summed E-state index contributed by atoms with van der Waals surface area (Å²) < 4.78 is 13.9. The highest BCUT2D eigenvalue weighted by Gasteiger charge is 2.21. The zero-order chi connectivity index (χ0) is 13.4. The van der Waals surface area contributed by atoms with Crippen LogP contribution < -0.4 is 5.73 Å². The molecule has 2 N–H and O–H groups in total. The van der Waals surface area contributed by atoms with Crippen molar-refractivity contribution in [3.63, 3.8) is 0 Å². The maximum atomic E-state index is 13.1. The molecule has 19 heavy (non-hydrogen) atoms. The van der Waals surface area contributed by atoms with Crippen LogP contribution in [0.1, 0.15) is 16.7 Å². The number of nitrogens with two attached hydrogens (primary N) is 1. The van der Waals surface area contributed by atoms with Gasteiger partial charge in [-0.25, -0.2) is 4.39 Å². The van der Waals surface area contributed by atoms with Gasteiger partial charge in [-0.3, -0.25) is 4.90 Å². The van der Waals surface area contributed by atoms with Crippen LogP contribution in [0.2, 0.25) is 0 Å². The summed E-state index contributed by atoms with van der Waals surface area (Å²) in [6.45, 7) is 2.53. The molecule has 0 aromatic heterocycles. The van der Waals surface area contributed by atoms with E-state index in [1.807, 2.05) is 18.2 Å². The maximum Gasteiger partial charge on any atom is 0.124 e. The van der Waals surface area contributed by atoms with E-state index in [2.05, 4.69) is 26.9 Å². The first-order valence-electron chi connectivity index (χ1n) is 6.16. The van der Waals surface area contributed by atoms with E-state index in [-0.39, 0.29) is 5.82 Å². The van der Waals surface area contributed by atoms with Crippen molar-refractivity contribution in [2.75, 3.05) is 5.73 Å². The predicted molar refractivity (Wildman–Crippen MR) is 77.9 cm³/mol. The van der Waals surface area contributed by atoms with E-state index in [1.54, 1.807) is 0 Å². The first kappa shape index (κ1) is 12.6. The zero-order valence-corrected chi connectivity index (χ0v) is 12.0. The fourth-order valence-electron chi connectivity index (χ4n) is 2.52. The van der Waals surface area contributed by atoms with Gasteiger partial charge < -0.3 is 5.73 Å². The van der Waals surface area contributed by atoms with Gasteiger partial charge in [0.05, 0.1) is 0 Å². The molecule has 0 fully saturated rings. The summed E-state index contributed by atoms with van der Waals surface area (Å²) in [5.41, 5.74) is 10.5. The topological polar surface area (TPSA) is 29.3 Å². The summed E-state index contributed by atoms with van der Waals surface area (Å²) in [5, 5.41) is 0. The highest BCUT2D eigenvalue weighted by Crippen LogP contribution is 2.30. The molecule has 98 valence electrons. The number of benzene rings is 2. The normalized spacial score (nSPS) is 14.6. The Morgan fingerprint density at radius 2 is 2.05 bits per heavy atom. The molecule has 0 bridgehead atoms. The molecule has 2 aromatic carbocycles. The number of anilines is 1. The van der Waals surface area contributed by atoms with Gasteiger partial charge in [-0.15, -0.1) is 0 Å². The van der Waals surface area contributed by atoms with Crippen LogP contribution in [0, 0.1) is 5.82 Å². The second-order valence-electron chi connectivity index (χ2n) is 4.87. The molecule has 2 aromatic rings. The van der Waals surface area contributed by atoms with E-state index in [9.17, 15) is 4.39 Å². The van der Waals surface area contributed by atoms with Gasteiger partial charge in [-0.05, 0) is 34.9 Å². The van der Waals surface area contributed by atoms with Crippen LogP contribution in [0.3, 0.4) is 0 Å². The van der Waals surface area contributed by atoms with Crippen molar-refractivity contribution in [3.8, 4) is 0 Å². The Balaban J connectivity index is 1.79. The molecule has 0 amide bonds. The van der Waals surface area contributed by atoms with Gasteiger partial charge in [0, 0.05) is 29.8 Å². The van der Waals surface area contributed by atoms with Crippen molar-refractivity contribution in [3.05, 3.63) is 63.4 Å². The van der Waals surface area contributed by atoms with Crippen molar-refractivity contribution < 1.29 is 4.39 Å². The van der Waals surface area contributed by atoms with E-state index < -0.39 is 0 Å². The molecule has 4 heteroatoms. The fraction of sp³-hybridized carbons (Fsp3) is 0.200. The molecule has 1 aliphatic rings. The van der Waals surface area contributed by atoms with Crippen molar-refractivity contribution in [1.29, 1.82) is 0 Å². The molecule has 1 aliphatic heterocycles. The third-order valence-corrected chi connectivity index (χ3v) is 4.23. The lowest BCUT2D eigenvalue weighted by atomic mass is 10.1. The lowest BCUT2D eigenvalue weighted by molar-refractivity contribution is 0.275. The Kier molecular flexibility index (Phi) is 3.29. The van der Waals surface area contributed by atoms with Crippen LogP contribution in [0.5, 0.6) is 0 Å². The van der Waals surface area contributed by atoms with E-state index in [4.69, 9.17) is 5.73 Å². The minimum atomic E-state index is -0.218. The summed E-state index contributed by atoms with van der Waals surface area (Å²) in [6.07, 6.45) is 0. The van der Waals surface area contributed by atoms with E-state index in [0.29, 0.717) is 0 Å². The standard InChI is InChI=1S/C15H14BrFN2/c16-14-6-12(17)5-4-11(14)8-19-7-10-2-1-3-15(18)13(10)9-19/h1-6H,7-9,18H2. The van der Waals surface area contributed by atoms with Crippen molar-refractivity contribution >= 4 is 21.6 Å². The van der Waals surface area contributed by atoms with E-state index in [0.717, 1.165) is 35.4 Å². The molecule has 0 saturated carbocycles. The number of halogens is 2. The van der Waals surface area contributed by atoms with Crippen LogP contribution in [-0.4, -0.2) is 4.90 Å². The van der Waals surface area contributed by atoms with Crippen molar-refractivity contribution in [1.82, 2.24) is 4.90 Å². The molecule has 0 atom stereocenters. The fourth-order valence-corrected chi connectivity index (χ4v) is 2.99.